The number of benzene rings is 2. The van der Waals surface area contributed by atoms with Gasteiger partial charge >= 0.3 is 12.1 Å². The molecule has 1 aliphatic carbocycles. The maximum Gasteiger partial charge on any atom is 0.407 e. The van der Waals surface area contributed by atoms with Gasteiger partial charge in [-0.25, -0.2) is 15.1 Å². The highest BCUT2D eigenvalue weighted by molar-refractivity contribution is 5.85. The number of hydrogen-bond donors (Lipinski definition) is 3. The van der Waals surface area contributed by atoms with Crippen LogP contribution in [-0.2, 0) is 19.2 Å². The fourth-order valence-electron chi connectivity index (χ4n) is 3.85. The predicted octanol–water partition coefficient (Wildman–Crippen LogP) is 3.85. The number of aliphatic carboxylic acids is 1. The van der Waals surface area contributed by atoms with E-state index in [1.165, 1.54) is 6.92 Å². The van der Waals surface area contributed by atoms with Crippen LogP contribution >= 0.6 is 0 Å². The van der Waals surface area contributed by atoms with Crippen molar-refractivity contribution < 1.29 is 29.1 Å². The summed E-state index contributed by atoms with van der Waals surface area (Å²) in [6, 6.07) is 15.1. The SMILES string of the molecule is CCC(C)CC(NC(=O)OCC1c2ccccc2-c2ccccc21)C(=O)NOC(C)C(=O)O. The van der Waals surface area contributed by atoms with Gasteiger partial charge in [0.05, 0.1) is 0 Å². The summed E-state index contributed by atoms with van der Waals surface area (Å²) in [5.74, 6) is -1.79. The molecule has 0 spiro atoms. The molecule has 0 heterocycles. The first-order valence-corrected chi connectivity index (χ1v) is 11.1. The third kappa shape index (κ3) is 5.90. The quantitative estimate of drug-likeness (QED) is 0.470. The molecule has 1 aliphatic rings. The highest BCUT2D eigenvalue weighted by atomic mass is 16.7. The third-order valence-corrected chi connectivity index (χ3v) is 5.97. The molecule has 176 valence electrons. The van der Waals surface area contributed by atoms with Crippen LogP contribution in [0.2, 0.25) is 0 Å². The van der Waals surface area contributed by atoms with Gasteiger partial charge in [0.2, 0.25) is 0 Å². The van der Waals surface area contributed by atoms with E-state index in [0.29, 0.717) is 6.42 Å². The molecule has 0 aromatic heterocycles. The summed E-state index contributed by atoms with van der Waals surface area (Å²) >= 11 is 0. The molecule has 3 atom stereocenters. The van der Waals surface area contributed by atoms with Gasteiger partial charge in [-0.05, 0) is 41.5 Å². The highest BCUT2D eigenvalue weighted by Crippen LogP contribution is 2.44. The van der Waals surface area contributed by atoms with Crippen LogP contribution in [0.5, 0.6) is 0 Å². The van der Waals surface area contributed by atoms with Crippen molar-refractivity contribution in [3.8, 4) is 11.1 Å². The van der Waals surface area contributed by atoms with E-state index in [0.717, 1.165) is 28.7 Å². The summed E-state index contributed by atoms with van der Waals surface area (Å²) in [5, 5.41) is 11.5. The zero-order chi connectivity index (χ0) is 24.0. The van der Waals surface area contributed by atoms with Gasteiger partial charge < -0.3 is 15.2 Å². The van der Waals surface area contributed by atoms with Crippen molar-refractivity contribution in [2.24, 2.45) is 5.92 Å². The summed E-state index contributed by atoms with van der Waals surface area (Å²) in [5.41, 5.74) is 6.57. The summed E-state index contributed by atoms with van der Waals surface area (Å²) in [6.07, 6.45) is -0.765. The first kappa shape index (κ1) is 24.3. The van der Waals surface area contributed by atoms with Crippen LogP contribution in [-0.4, -0.2) is 41.8 Å². The number of hydrogen-bond acceptors (Lipinski definition) is 5. The number of alkyl carbamates (subject to hydrolysis) is 1. The lowest BCUT2D eigenvalue weighted by atomic mass is 9.98. The van der Waals surface area contributed by atoms with Crippen LogP contribution in [0.3, 0.4) is 0 Å². The average Bonchev–Trinajstić information content (AvgIpc) is 3.14. The molecular formula is C25H30N2O6. The number of carboxylic acid groups (broad SMARTS) is 1. The van der Waals surface area contributed by atoms with Crippen LogP contribution in [0.1, 0.15) is 50.7 Å². The molecule has 33 heavy (non-hydrogen) atoms. The van der Waals surface area contributed by atoms with Crippen molar-refractivity contribution in [1.82, 2.24) is 10.8 Å². The second-order valence-corrected chi connectivity index (χ2v) is 8.34. The maximum atomic E-state index is 12.6. The molecule has 3 unspecified atom stereocenters. The lowest BCUT2D eigenvalue weighted by Crippen LogP contribution is -2.49. The molecule has 0 aliphatic heterocycles. The van der Waals surface area contributed by atoms with Crippen molar-refractivity contribution in [3.63, 3.8) is 0 Å². The van der Waals surface area contributed by atoms with Gasteiger partial charge in [0.25, 0.3) is 5.91 Å². The van der Waals surface area contributed by atoms with E-state index < -0.39 is 30.1 Å². The van der Waals surface area contributed by atoms with Crippen LogP contribution in [0, 0.1) is 5.92 Å². The Labute approximate surface area is 193 Å². The summed E-state index contributed by atoms with van der Waals surface area (Å²) < 4.78 is 5.53. The molecule has 0 saturated carbocycles. The lowest BCUT2D eigenvalue weighted by molar-refractivity contribution is -0.159. The van der Waals surface area contributed by atoms with Gasteiger partial charge in [0.15, 0.2) is 6.10 Å². The number of carbonyl (C=O) groups excluding carboxylic acids is 2. The van der Waals surface area contributed by atoms with E-state index >= 15 is 0 Å². The van der Waals surface area contributed by atoms with Crippen LogP contribution in [0.25, 0.3) is 11.1 Å². The molecule has 2 aromatic carbocycles. The number of ether oxygens (including phenoxy) is 1. The number of carboxylic acids is 1. The molecule has 0 saturated heterocycles. The summed E-state index contributed by atoms with van der Waals surface area (Å²) in [7, 11) is 0. The summed E-state index contributed by atoms with van der Waals surface area (Å²) in [4.78, 5) is 40.9. The normalized spacial score (nSPS) is 15.0. The first-order valence-electron chi connectivity index (χ1n) is 11.1. The van der Waals surface area contributed by atoms with Gasteiger partial charge in [0.1, 0.15) is 12.6 Å². The van der Waals surface area contributed by atoms with Crippen LogP contribution in [0.15, 0.2) is 48.5 Å². The number of hydroxylamine groups is 1. The largest absolute Gasteiger partial charge is 0.479 e. The number of carbonyl (C=O) groups is 3. The van der Waals surface area contributed by atoms with E-state index in [4.69, 9.17) is 14.7 Å². The molecule has 3 rings (SSSR count). The molecule has 2 amide bonds. The molecule has 0 bridgehead atoms. The van der Waals surface area contributed by atoms with E-state index in [2.05, 4.69) is 22.9 Å². The van der Waals surface area contributed by atoms with Crippen molar-refractivity contribution in [1.29, 1.82) is 0 Å². The summed E-state index contributed by atoms with van der Waals surface area (Å²) in [6.45, 7) is 5.37. The zero-order valence-corrected chi connectivity index (χ0v) is 19.0. The van der Waals surface area contributed by atoms with Crippen molar-refractivity contribution in [2.75, 3.05) is 6.61 Å². The van der Waals surface area contributed by atoms with Gasteiger partial charge in [-0.15, -0.1) is 0 Å². The van der Waals surface area contributed by atoms with Gasteiger partial charge in [-0.2, -0.15) is 0 Å². The van der Waals surface area contributed by atoms with E-state index in [-0.39, 0.29) is 18.4 Å². The number of fused-ring (bicyclic) bond motifs is 3. The molecule has 0 radical (unpaired) electrons. The molecule has 2 aromatic rings. The van der Waals surface area contributed by atoms with Crippen LogP contribution < -0.4 is 10.8 Å². The Hall–Kier alpha value is -3.39. The Balaban J connectivity index is 1.64. The van der Waals surface area contributed by atoms with Crippen molar-refractivity contribution >= 4 is 18.0 Å². The second-order valence-electron chi connectivity index (χ2n) is 8.34. The Morgan fingerprint density at radius 2 is 1.58 bits per heavy atom. The highest BCUT2D eigenvalue weighted by Gasteiger charge is 2.30. The monoisotopic (exact) mass is 454 g/mol. The molecule has 0 fully saturated rings. The third-order valence-electron chi connectivity index (χ3n) is 5.97. The standard InChI is InChI=1S/C25H30N2O6/c1-4-15(2)13-22(23(28)27-33-16(3)24(29)30)26-25(31)32-14-21-19-11-7-5-9-17(19)18-10-6-8-12-20(18)21/h5-12,15-16,21-22H,4,13-14H2,1-3H3,(H,26,31)(H,27,28)(H,29,30). The Bertz CT molecular complexity index is 962. The van der Waals surface area contributed by atoms with Crippen molar-refractivity contribution in [2.45, 2.75) is 51.7 Å². The second kappa shape index (κ2) is 11.0. The topological polar surface area (TPSA) is 114 Å². The first-order chi connectivity index (χ1) is 15.8. The fourth-order valence-corrected chi connectivity index (χ4v) is 3.85. The van der Waals surface area contributed by atoms with E-state index in [9.17, 15) is 14.4 Å². The van der Waals surface area contributed by atoms with Crippen LogP contribution in [0.4, 0.5) is 4.79 Å². The zero-order valence-electron chi connectivity index (χ0n) is 19.0. The Kier molecular flexibility index (Phi) is 8.06. The maximum absolute atomic E-state index is 12.6. The van der Waals surface area contributed by atoms with Crippen molar-refractivity contribution in [3.05, 3.63) is 59.7 Å². The average molecular weight is 455 g/mol. The van der Waals surface area contributed by atoms with E-state index in [1.807, 2.05) is 50.2 Å². The fraction of sp³-hybridized carbons (Fsp3) is 0.400. The smallest absolute Gasteiger partial charge is 0.407 e. The van der Waals surface area contributed by atoms with E-state index in [1.54, 1.807) is 0 Å². The van der Waals surface area contributed by atoms with Gasteiger partial charge in [-0.1, -0.05) is 68.8 Å². The number of amides is 2. The minimum Gasteiger partial charge on any atom is -0.479 e. The molecular weight excluding hydrogens is 424 g/mol. The van der Waals surface area contributed by atoms with Gasteiger partial charge in [-0.3, -0.25) is 9.63 Å². The Morgan fingerprint density at radius 1 is 1.00 bits per heavy atom. The minimum absolute atomic E-state index is 0.0928. The number of nitrogens with one attached hydrogen (secondary N) is 2. The molecule has 8 nitrogen and oxygen atoms in total. The van der Waals surface area contributed by atoms with Gasteiger partial charge in [0, 0.05) is 5.92 Å². The predicted molar refractivity (Wildman–Crippen MR) is 122 cm³/mol. The number of rotatable bonds is 10. The Morgan fingerprint density at radius 3 is 2.12 bits per heavy atom. The molecule has 3 N–H and O–H groups in total. The molecule has 8 heteroatoms. The minimum atomic E-state index is -1.22. The lowest BCUT2D eigenvalue weighted by Gasteiger charge is -2.22.